The van der Waals surface area contributed by atoms with Crippen molar-refractivity contribution in [3.05, 3.63) is 72.3 Å². The van der Waals surface area contributed by atoms with E-state index in [0.29, 0.717) is 6.42 Å². The lowest BCUT2D eigenvalue weighted by atomic mass is 9.83. The van der Waals surface area contributed by atoms with Crippen molar-refractivity contribution in [1.29, 1.82) is 0 Å². The fraction of sp³-hybridized carbons (Fsp3) is 0.370. The molecule has 4 heteroatoms. The van der Waals surface area contributed by atoms with Gasteiger partial charge in [0.25, 0.3) is 5.91 Å². The van der Waals surface area contributed by atoms with Gasteiger partial charge in [0, 0.05) is 17.4 Å². The van der Waals surface area contributed by atoms with E-state index in [4.69, 9.17) is 9.47 Å². The standard InChI is InChI=1S/C27H31NO3/c1-4-23(30-24-17-11-13-19-12-7-8-14-20(19)24)26(29)28-22-18-27(5-2,6-3)31-25-16-10-9-15-21(22)25/h7-17,22-23H,4-6,18H2,1-3H3,(H,28,29)/t22-,23+/m0/s1. The second-order valence-electron chi connectivity index (χ2n) is 8.29. The van der Waals surface area contributed by atoms with E-state index in [1.807, 2.05) is 61.5 Å². The van der Waals surface area contributed by atoms with Gasteiger partial charge in [-0.15, -0.1) is 0 Å². The summed E-state index contributed by atoms with van der Waals surface area (Å²) in [5, 5.41) is 5.39. The molecule has 1 aliphatic rings. The summed E-state index contributed by atoms with van der Waals surface area (Å²) < 4.78 is 12.6. The maximum atomic E-state index is 13.3. The molecule has 4 rings (SSSR count). The summed E-state index contributed by atoms with van der Waals surface area (Å²) in [6, 6.07) is 22.0. The van der Waals surface area contributed by atoms with E-state index in [2.05, 4.69) is 31.3 Å². The maximum absolute atomic E-state index is 13.3. The number of fused-ring (bicyclic) bond motifs is 2. The highest BCUT2D eigenvalue weighted by atomic mass is 16.5. The lowest BCUT2D eigenvalue weighted by Gasteiger charge is -2.42. The Balaban J connectivity index is 1.57. The summed E-state index contributed by atoms with van der Waals surface area (Å²) in [6.07, 6.45) is 2.58. The van der Waals surface area contributed by atoms with Gasteiger partial charge in [0.2, 0.25) is 0 Å². The summed E-state index contributed by atoms with van der Waals surface area (Å²) in [4.78, 5) is 13.3. The first kappa shape index (κ1) is 21.2. The first-order valence-electron chi connectivity index (χ1n) is 11.3. The van der Waals surface area contributed by atoms with Crippen LogP contribution in [0.15, 0.2) is 66.7 Å². The van der Waals surface area contributed by atoms with Crippen LogP contribution >= 0.6 is 0 Å². The Morgan fingerprint density at radius 1 is 1.03 bits per heavy atom. The summed E-state index contributed by atoms with van der Waals surface area (Å²) in [5.74, 6) is 1.52. The second-order valence-corrected chi connectivity index (χ2v) is 8.29. The molecule has 2 atom stereocenters. The summed E-state index contributed by atoms with van der Waals surface area (Å²) in [5.41, 5.74) is 0.776. The van der Waals surface area contributed by atoms with Crippen molar-refractivity contribution in [3.63, 3.8) is 0 Å². The Kier molecular flexibility index (Phi) is 6.17. The van der Waals surface area contributed by atoms with Crippen molar-refractivity contribution in [1.82, 2.24) is 5.32 Å². The number of nitrogens with one attached hydrogen (secondary N) is 1. The molecular formula is C27H31NO3. The van der Waals surface area contributed by atoms with Crippen molar-refractivity contribution >= 4 is 16.7 Å². The van der Waals surface area contributed by atoms with Crippen LogP contribution in [0.3, 0.4) is 0 Å². The van der Waals surface area contributed by atoms with Gasteiger partial charge in [0.05, 0.1) is 6.04 Å². The van der Waals surface area contributed by atoms with Crippen LogP contribution in [0.5, 0.6) is 11.5 Å². The maximum Gasteiger partial charge on any atom is 0.261 e. The summed E-state index contributed by atoms with van der Waals surface area (Å²) in [7, 11) is 0. The van der Waals surface area contributed by atoms with Gasteiger partial charge < -0.3 is 14.8 Å². The minimum absolute atomic E-state index is 0.0850. The minimum Gasteiger partial charge on any atom is -0.487 e. The number of amides is 1. The lowest BCUT2D eigenvalue weighted by molar-refractivity contribution is -0.129. The molecule has 0 saturated heterocycles. The number of hydrogen-bond acceptors (Lipinski definition) is 3. The molecule has 1 heterocycles. The van der Waals surface area contributed by atoms with E-state index in [9.17, 15) is 4.79 Å². The van der Waals surface area contributed by atoms with Gasteiger partial charge in [-0.3, -0.25) is 4.79 Å². The minimum atomic E-state index is -0.557. The molecule has 31 heavy (non-hydrogen) atoms. The number of benzene rings is 3. The summed E-state index contributed by atoms with van der Waals surface area (Å²) in [6.45, 7) is 6.28. The van der Waals surface area contributed by atoms with E-state index in [0.717, 1.165) is 47.1 Å². The van der Waals surface area contributed by atoms with Crippen molar-refractivity contribution in [2.45, 2.75) is 64.2 Å². The Morgan fingerprint density at radius 2 is 1.74 bits per heavy atom. The Bertz CT molecular complexity index is 1050. The molecular weight excluding hydrogens is 386 g/mol. The highest BCUT2D eigenvalue weighted by molar-refractivity contribution is 5.89. The van der Waals surface area contributed by atoms with E-state index in [-0.39, 0.29) is 17.6 Å². The third-order valence-corrected chi connectivity index (χ3v) is 6.48. The second kappa shape index (κ2) is 9.01. The Labute approximate surface area is 184 Å². The largest absolute Gasteiger partial charge is 0.487 e. The monoisotopic (exact) mass is 417 g/mol. The molecule has 3 aromatic rings. The Hall–Kier alpha value is -3.01. The molecule has 1 amide bonds. The lowest BCUT2D eigenvalue weighted by Crippen LogP contribution is -2.47. The predicted molar refractivity (Wildman–Crippen MR) is 125 cm³/mol. The van der Waals surface area contributed by atoms with Crippen LogP contribution in [0.4, 0.5) is 0 Å². The predicted octanol–water partition coefficient (Wildman–Crippen LogP) is 6.20. The van der Waals surface area contributed by atoms with Crippen molar-refractivity contribution in [2.75, 3.05) is 0 Å². The van der Waals surface area contributed by atoms with Gasteiger partial charge in [-0.05, 0) is 36.8 Å². The zero-order valence-electron chi connectivity index (χ0n) is 18.6. The molecule has 1 aliphatic heterocycles. The van der Waals surface area contributed by atoms with E-state index in [1.165, 1.54) is 0 Å². The van der Waals surface area contributed by atoms with E-state index in [1.54, 1.807) is 0 Å². The van der Waals surface area contributed by atoms with Crippen LogP contribution in [0, 0.1) is 0 Å². The smallest absolute Gasteiger partial charge is 0.261 e. The van der Waals surface area contributed by atoms with Crippen LogP contribution in [-0.2, 0) is 4.79 Å². The highest BCUT2D eigenvalue weighted by Crippen LogP contribution is 2.42. The van der Waals surface area contributed by atoms with Crippen molar-refractivity contribution in [2.24, 2.45) is 0 Å². The summed E-state index contributed by atoms with van der Waals surface area (Å²) >= 11 is 0. The molecule has 3 aromatic carbocycles. The number of hydrogen-bond donors (Lipinski definition) is 1. The average molecular weight is 418 g/mol. The SMILES string of the molecule is CC[C@@H](Oc1cccc2ccccc12)C(=O)N[C@H]1CC(CC)(CC)Oc2ccccc21. The quantitative estimate of drug-likeness (QED) is 0.498. The third kappa shape index (κ3) is 4.25. The fourth-order valence-corrected chi connectivity index (χ4v) is 4.47. The molecule has 0 bridgehead atoms. The van der Waals surface area contributed by atoms with Crippen molar-refractivity contribution < 1.29 is 14.3 Å². The average Bonchev–Trinajstić information content (AvgIpc) is 2.82. The van der Waals surface area contributed by atoms with Gasteiger partial charge in [0.1, 0.15) is 17.1 Å². The number of carbonyl (C=O) groups is 1. The molecule has 4 nitrogen and oxygen atoms in total. The Morgan fingerprint density at radius 3 is 2.52 bits per heavy atom. The molecule has 0 unspecified atom stereocenters. The number of rotatable bonds is 7. The van der Waals surface area contributed by atoms with Gasteiger partial charge in [-0.2, -0.15) is 0 Å². The van der Waals surface area contributed by atoms with E-state index >= 15 is 0 Å². The molecule has 0 spiro atoms. The van der Waals surface area contributed by atoms with Gasteiger partial charge >= 0.3 is 0 Å². The molecule has 0 radical (unpaired) electrons. The number of carbonyl (C=O) groups excluding carboxylic acids is 1. The van der Waals surface area contributed by atoms with Gasteiger partial charge in [-0.1, -0.05) is 75.4 Å². The highest BCUT2D eigenvalue weighted by Gasteiger charge is 2.39. The van der Waals surface area contributed by atoms with Crippen LogP contribution in [-0.4, -0.2) is 17.6 Å². The normalized spacial score (nSPS) is 18.0. The molecule has 0 aromatic heterocycles. The molecule has 0 fully saturated rings. The molecule has 1 N–H and O–H groups in total. The van der Waals surface area contributed by atoms with Crippen molar-refractivity contribution in [3.8, 4) is 11.5 Å². The van der Waals surface area contributed by atoms with E-state index < -0.39 is 6.10 Å². The van der Waals surface area contributed by atoms with Gasteiger partial charge in [0.15, 0.2) is 6.10 Å². The number of ether oxygens (including phenoxy) is 2. The van der Waals surface area contributed by atoms with Gasteiger partial charge in [-0.25, -0.2) is 0 Å². The molecule has 0 saturated carbocycles. The van der Waals surface area contributed by atoms with Crippen LogP contribution in [0.1, 0.15) is 58.1 Å². The fourth-order valence-electron chi connectivity index (χ4n) is 4.47. The molecule has 162 valence electrons. The first-order chi connectivity index (χ1) is 15.1. The molecule has 0 aliphatic carbocycles. The van der Waals surface area contributed by atoms with Crippen LogP contribution < -0.4 is 14.8 Å². The number of para-hydroxylation sites is 1. The third-order valence-electron chi connectivity index (χ3n) is 6.48. The first-order valence-corrected chi connectivity index (χ1v) is 11.3. The zero-order valence-corrected chi connectivity index (χ0v) is 18.6. The van der Waals surface area contributed by atoms with Crippen LogP contribution in [0.2, 0.25) is 0 Å². The zero-order chi connectivity index (χ0) is 21.8. The van der Waals surface area contributed by atoms with Crippen LogP contribution in [0.25, 0.3) is 10.8 Å². The topological polar surface area (TPSA) is 47.6 Å².